The van der Waals surface area contributed by atoms with Crippen LogP contribution in [0, 0.1) is 0 Å². The van der Waals surface area contributed by atoms with Crippen LogP contribution in [-0.4, -0.2) is 9.55 Å². The Balaban J connectivity index is 1.32. The molecule has 8 rings (SSSR count). The molecule has 0 radical (unpaired) electrons. The zero-order chi connectivity index (χ0) is 32.7. The van der Waals surface area contributed by atoms with Gasteiger partial charge in [-0.05, 0) is 89.8 Å². The second kappa shape index (κ2) is 12.2. The van der Waals surface area contributed by atoms with Crippen LogP contribution in [0.15, 0.2) is 164 Å². The normalized spacial score (nSPS) is 11.6. The van der Waals surface area contributed by atoms with Crippen LogP contribution in [0.4, 0.5) is 32.9 Å². The van der Waals surface area contributed by atoms with E-state index in [1.54, 1.807) is 11.3 Å². The lowest BCUT2D eigenvalue weighted by Crippen LogP contribution is -2.10. The van der Waals surface area contributed by atoms with Gasteiger partial charge in [-0.1, -0.05) is 111 Å². The van der Waals surface area contributed by atoms with Crippen molar-refractivity contribution in [2.45, 2.75) is 26.2 Å². The van der Waals surface area contributed by atoms with E-state index in [0.29, 0.717) is 0 Å². The van der Waals surface area contributed by atoms with Crippen LogP contribution in [0.5, 0.6) is 0 Å². The van der Waals surface area contributed by atoms with Crippen LogP contribution in [0.1, 0.15) is 26.3 Å². The summed E-state index contributed by atoms with van der Waals surface area (Å²) in [6, 6.07) is 56.0. The first-order chi connectivity index (χ1) is 23.5. The van der Waals surface area contributed by atoms with Gasteiger partial charge < -0.3 is 9.47 Å². The van der Waals surface area contributed by atoms with Crippen molar-refractivity contribution in [1.29, 1.82) is 0 Å². The summed E-state index contributed by atoms with van der Waals surface area (Å²) in [5.74, 6) is 0. The highest BCUT2D eigenvalue weighted by molar-refractivity contribution is 7.19. The van der Waals surface area contributed by atoms with Gasteiger partial charge in [-0.3, -0.25) is 4.90 Å². The Morgan fingerprint density at radius 2 is 1.02 bits per heavy atom. The van der Waals surface area contributed by atoms with Gasteiger partial charge in [-0.15, -0.1) is 0 Å². The summed E-state index contributed by atoms with van der Waals surface area (Å²) in [5.41, 5.74) is 9.21. The Morgan fingerprint density at radius 1 is 0.521 bits per heavy atom. The van der Waals surface area contributed by atoms with Crippen molar-refractivity contribution in [3.8, 4) is 5.69 Å². The molecule has 2 aromatic heterocycles. The lowest BCUT2D eigenvalue weighted by Gasteiger charge is -2.24. The molecule has 0 saturated carbocycles. The average molecular weight is 641 g/mol. The predicted octanol–water partition coefficient (Wildman–Crippen LogP) is 12.5. The Labute approximate surface area is 285 Å². The fourth-order valence-corrected chi connectivity index (χ4v) is 7.44. The van der Waals surface area contributed by atoms with Crippen LogP contribution in [0.3, 0.4) is 0 Å². The molecule has 0 unspecified atom stereocenters. The Hall–Kier alpha value is -5.65. The maximum atomic E-state index is 5.03. The zero-order valence-electron chi connectivity index (χ0n) is 27.3. The van der Waals surface area contributed by atoms with Crippen molar-refractivity contribution in [2.75, 3.05) is 9.80 Å². The molecule has 0 aliphatic carbocycles. The highest BCUT2D eigenvalue weighted by atomic mass is 32.1. The molecule has 0 aliphatic rings. The fraction of sp³-hybridized carbons (Fsp3) is 0.0930. The van der Waals surface area contributed by atoms with Gasteiger partial charge in [-0.25, -0.2) is 4.98 Å². The second-order valence-corrected chi connectivity index (χ2v) is 14.0. The SMILES string of the molecule is CC(C)(C)c1ccc2c(c1)c1cc(N(c3ccccc3)c3cnc(N(c4ccccc4)c4ccccc4)s3)ccc1n2-c1ccccc1. The van der Waals surface area contributed by atoms with Crippen molar-refractivity contribution >= 4 is 66.0 Å². The molecule has 4 nitrogen and oxygen atoms in total. The first kappa shape index (κ1) is 29.7. The van der Waals surface area contributed by atoms with Crippen LogP contribution < -0.4 is 9.80 Å². The standard InChI is InChI=1S/C43H36N4S/c1-43(2,3)31-24-26-39-37(28-31)38-29-36(25-27-40(38)47(39)35-22-14-7-15-23-35)45(32-16-8-4-9-17-32)41-30-44-42(48-41)46(33-18-10-5-11-19-33)34-20-12-6-13-21-34/h4-30H,1-3H3. The van der Waals surface area contributed by atoms with E-state index in [-0.39, 0.29) is 5.41 Å². The quantitative estimate of drug-likeness (QED) is 0.173. The Morgan fingerprint density at radius 3 is 1.58 bits per heavy atom. The first-order valence-corrected chi connectivity index (χ1v) is 17.1. The Kier molecular flexibility index (Phi) is 7.54. The first-order valence-electron chi connectivity index (χ1n) is 16.3. The molecule has 0 spiro atoms. The lowest BCUT2D eigenvalue weighted by atomic mass is 9.86. The molecule has 2 heterocycles. The molecule has 0 aliphatic heterocycles. The van der Waals surface area contributed by atoms with E-state index in [0.717, 1.165) is 38.6 Å². The minimum absolute atomic E-state index is 0.0332. The number of hydrogen-bond donors (Lipinski definition) is 0. The average Bonchev–Trinajstić information content (AvgIpc) is 3.72. The maximum absolute atomic E-state index is 5.03. The van der Waals surface area contributed by atoms with Gasteiger partial charge in [0.25, 0.3) is 0 Å². The lowest BCUT2D eigenvalue weighted by molar-refractivity contribution is 0.591. The van der Waals surface area contributed by atoms with Gasteiger partial charge in [0.2, 0.25) is 0 Å². The third kappa shape index (κ3) is 5.42. The molecular formula is C43H36N4S. The summed E-state index contributed by atoms with van der Waals surface area (Å²) in [5, 5.41) is 4.41. The molecule has 8 aromatic rings. The molecule has 0 atom stereocenters. The smallest absolute Gasteiger partial charge is 0.196 e. The van der Waals surface area contributed by atoms with Gasteiger partial charge in [-0.2, -0.15) is 0 Å². The van der Waals surface area contributed by atoms with Gasteiger partial charge in [0, 0.05) is 39.2 Å². The number of anilines is 6. The molecule has 0 amide bonds. The predicted molar refractivity (Wildman–Crippen MR) is 205 cm³/mol. The van der Waals surface area contributed by atoms with E-state index >= 15 is 0 Å². The number of para-hydroxylation sites is 4. The van der Waals surface area contributed by atoms with Gasteiger partial charge in [0.05, 0.1) is 17.2 Å². The highest BCUT2D eigenvalue weighted by Crippen LogP contribution is 2.45. The van der Waals surface area contributed by atoms with Gasteiger partial charge >= 0.3 is 0 Å². The number of hydrogen-bond acceptors (Lipinski definition) is 4. The van der Waals surface area contributed by atoms with Crippen molar-refractivity contribution in [3.63, 3.8) is 0 Å². The minimum Gasteiger partial charge on any atom is -0.309 e. The number of aromatic nitrogens is 2. The van der Waals surface area contributed by atoms with Crippen molar-refractivity contribution in [3.05, 3.63) is 169 Å². The molecule has 234 valence electrons. The maximum Gasteiger partial charge on any atom is 0.196 e. The van der Waals surface area contributed by atoms with E-state index in [1.165, 1.54) is 27.4 Å². The van der Waals surface area contributed by atoms with Crippen LogP contribution in [-0.2, 0) is 5.41 Å². The number of nitrogens with zero attached hydrogens (tertiary/aromatic N) is 4. The second-order valence-electron chi connectivity index (χ2n) is 13.0. The third-order valence-corrected chi connectivity index (χ3v) is 9.79. The summed E-state index contributed by atoms with van der Waals surface area (Å²) in [4.78, 5) is 9.59. The van der Waals surface area contributed by atoms with E-state index < -0.39 is 0 Å². The van der Waals surface area contributed by atoms with E-state index in [4.69, 9.17) is 4.98 Å². The summed E-state index contributed by atoms with van der Waals surface area (Å²) >= 11 is 1.68. The van der Waals surface area contributed by atoms with Crippen molar-refractivity contribution in [2.24, 2.45) is 0 Å². The molecule has 0 N–H and O–H groups in total. The fourth-order valence-electron chi connectivity index (χ4n) is 6.44. The van der Waals surface area contributed by atoms with Gasteiger partial charge in [0.15, 0.2) is 5.13 Å². The molecular weight excluding hydrogens is 605 g/mol. The van der Waals surface area contributed by atoms with Crippen molar-refractivity contribution in [1.82, 2.24) is 9.55 Å². The van der Waals surface area contributed by atoms with Crippen LogP contribution in [0.25, 0.3) is 27.5 Å². The number of fused-ring (bicyclic) bond motifs is 3. The number of rotatable bonds is 7. The van der Waals surface area contributed by atoms with Crippen LogP contribution >= 0.6 is 11.3 Å². The molecule has 5 heteroatoms. The van der Waals surface area contributed by atoms with E-state index in [2.05, 4.69) is 181 Å². The highest BCUT2D eigenvalue weighted by Gasteiger charge is 2.23. The summed E-state index contributed by atoms with van der Waals surface area (Å²) < 4.78 is 2.39. The number of benzene rings is 6. The molecule has 0 fully saturated rings. The number of thiazole rings is 1. The van der Waals surface area contributed by atoms with Crippen LogP contribution in [0.2, 0.25) is 0 Å². The molecule has 0 bridgehead atoms. The van der Waals surface area contributed by atoms with Gasteiger partial charge in [0.1, 0.15) is 5.00 Å². The third-order valence-electron chi connectivity index (χ3n) is 8.82. The minimum atomic E-state index is 0.0332. The molecule has 0 saturated heterocycles. The molecule has 6 aromatic carbocycles. The van der Waals surface area contributed by atoms with E-state index in [9.17, 15) is 0 Å². The van der Waals surface area contributed by atoms with E-state index in [1.807, 2.05) is 18.3 Å². The Bertz CT molecular complexity index is 2280. The van der Waals surface area contributed by atoms with Crippen molar-refractivity contribution < 1.29 is 0 Å². The largest absolute Gasteiger partial charge is 0.309 e. The monoisotopic (exact) mass is 640 g/mol. The zero-order valence-corrected chi connectivity index (χ0v) is 28.1. The summed E-state index contributed by atoms with van der Waals surface area (Å²) in [7, 11) is 0. The topological polar surface area (TPSA) is 24.3 Å². The molecule has 48 heavy (non-hydrogen) atoms. The summed E-state index contributed by atoms with van der Waals surface area (Å²) in [6.07, 6.45) is 2.00. The summed E-state index contributed by atoms with van der Waals surface area (Å²) in [6.45, 7) is 6.84.